The summed E-state index contributed by atoms with van der Waals surface area (Å²) in [7, 11) is -2.40. The smallest absolute Gasteiger partial charge is 0.422 e. The molecular weight excluding hydrogens is 499 g/mol. The predicted molar refractivity (Wildman–Crippen MR) is 118 cm³/mol. The Morgan fingerprint density at radius 2 is 1.66 bits per heavy atom. The monoisotopic (exact) mass is 518 g/mol. The van der Waals surface area contributed by atoms with E-state index in [2.05, 4.69) is 4.72 Å². The molecule has 0 aliphatic heterocycles. The Hall–Kier alpha value is -3.61. The number of aryl methyl sites for hydroxylation is 1. The van der Waals surface area contributed by atoms with Crippen LogP contribution in [0, 0.1) is 11.6 Å². The van der Waals surface area contributed by atoms with Crippen LogP contribution in [0.15, 0.2) is 53.5 Å². The molecule has 3 rings (SSSR count). The van der Waals surface area contributed by atoms with Gasteiger partial charge in [-0.15, -0.1) is 0 Å². The van der Waals surface area contributed by atoms with E-state index in [4.69, 9.17) is 9.47 Å². The summed E-state index contributed by atoms with van der Waals surface area (Å²) in [4.78, 5) is 12.1. The van der Waals surface area contributed by atoms with Gasteiger partial charge in [-0.05, 0) is 37.3 Å². The van der Waals surface area contributed by atoms with Gasteiger partial charge >= 0.3 is 6.18 Å². The molecule has 0 bridgehead atoms. The third-order valence-corrected chi connectivity index (χ3v) is 5.93. The van der Waals surface area contributed by atoms with Crippen LogP contribution in [0.1, 0.15) is 6.92 Å². The minimum atomic E-state index is -4.71. The molecule has 1 heterocycles. The SMILES string of the molecule is CCS(=O)(=O)Nc1ccc(Oc2ccc(F)cc2F)c(-c2cn(C)c(=O)cc2OCC(F)(F)F)c1. The molecule has 3 aromatic rings. The fourth-order valence-electron chi connectivity index (χ4n) is 2.91. The number of rotatable bonds is 8. The average molecular weight is 518 g/mol. The van der Waals surface area contributed by atoms with Gasteiger partial charge in [0.15, 0.2) is 18.2 Å². The molecule has 0 atom stereocenters. The molecule has 0 spiro atoms. The molecule has 0 amide bonds. The van der Waals surface area contributed by atoms with Crippen LogP contribution in [0.25, 0.3) is 11.1 Å². The van der Waals surface area contributed by atoms with Crippen LogP contribution in [-0.4, -0.2) is 31.5 Å². The average Bonchev–Trinajstić information content (AvgIpc) is 2.76. The Labute approximate surface area is 196 Å². The highest BCUT2D eigenvalue weighted by Gasteiger charge is 2.29. The van der Waals surface area contributed by atoms with Crippen LogP contribution in [0.3, 0.4) is 0 Å². The van der Waals surface area contributed by atoms with Crippen molar-refractivity contribution in [3.05, 3.63) is 70.6 Å². The van der Waals surface area contributed by atoms with Gasteiger partial charge in [0.25, 0.3) is 5.56 Å². The van der Waals surface area contributed by atoms with Crippen molar-refractivity contribution >= 4 is 15.7 Å². The summed E-state index contributed by atoms with van der Waals surface area (Å²) < 4.78 is 104. The molecule has 7 nitrogen and oxygen atoms in total. The molecule has 0 saturated heterocycles. The minimum Gasteiger partial charge on any atom is -0.483 e. The Bertz CT molecular complexity index is 1400. The lowest BCUT2D eigenvalue weighted by atomic mass is 10.0. The number of halogens is 5. The van der Waals surface area contributed by atoms with E-state index in [0.717, 1.165) is 29.0 Å². The maximum Gasteiger partial charge on any atom is 0.422 e. The molecule has 0 aliphatic rings. The van der Waals surface area contributed by atoms with Crippen molar-refractivity contribution in [3.8, 4) is 28.4 Å². The van der Waals surface area contributed by atoms with Crippen molar-refractivity contribution in [2.24, 2.45) is 7.05 Å². The predicted octanol–water partition coefficient (Wildman–Crippen LogP) is 4.83. The second kappa shape index (κ2) is 9.94. The quantitative estimate of drug-likeness (QED) is 0.432. The second-order valence-electron chi connectivity index (χ2n) is 7.30. The highest BCUT2D eigenvalue weighted by atomic mass is 32.2. The van der Waals surface area contributed by atoms with Gasteiger partial charge in [-0.3, -0.25) is 9.52 Å². The van der Waals surface area contributed by atoms with Gasteiger partial charge in [0.05, 0.1) is 5.75 Å². The lowest BCUT2D eigenvalue weighted by molar-refractivity contribution is -0.153. The van der Waals surface area contributed by atoms with Crippen LogP contribution in [0.4, 0.5) is 27.6 Å². The third-order valence-electron chi connectivity index (χ3n) is 4.62. The second-order valence-corrected chi connectivity index (χ2v) is 9.31. The zero-order chi connectivity index (χ0) is 26.0. The molecule has 0 unspecified atom stereocenters. The molecule has 0 aliphatic carbocycles. The van der Waals surface area contributed by atoms with Crippen molar-refractivity contribution in [3.63, 3.8) is 0 Å². The number of nitrogens with zero attached hydrogens (tertiary/aromatic N) is 1. The normalized spacial score (nSPS) is 11.9. The number of alkyl halides is 3. The van der Waals surface area contributed by atoms with Gasteiger partial charge in [0.1, 0.15) is 17.3 Å². The van der Waals surface area contributed by atoms with Crippen LogP contribution < -0.4 is 19.8 Å². The zero-order valence-electron chi connectivity index (χ0n) is 18.3. The van der Waals surface area contributed by atoms with E-state index in [1.807, 2.05) is 0 Å². The number of ether oxygens (including phenoxy) is 2. The first kappa shape index (κ1) is 26.0. The van der Waals surface area contributed by atoms with E-state index in [1.54, 1.807) is 0 Å². The van der Waals surface area contributed by atoms with Crippen molar-refractivity contribution < 1.29 is 39.8 Å². The summed E-state index contributed by atoms with van der Waals surface area (Å²) in [5, 5.41) is 0. The Morgan fingerprint density at radius 3 is 2.29 bits per heavy atom. The Kier molecular flexibility index (Phi) is 7.38. The first-order valence-electron chi connectivity index (χ1n) is 9.96. The lowest BCUT2D eigenvalue weighted by Gasteiger charge is -2.18. The van der Waals surface area contributed by atoms with Crippen LogP contribution in [0.5, 0.6) is 17.2 Å². The van der Waals surface area contributed by atoms with E-state index < -0.39 is 51.5 Å². The van der Waals surface area contributed by atoms with Crippen LogP contribution >= 0.6 is 0 Å². The van der Waals surface area contributed by atoms with Crippen molar-refractivity contribution in [1.29, 1.82) is 0 Å². The summed E-state index contributed by atoms with van der Waals surface area (Å²) in [6.45, 7) is -0.313. The molecule has 0 fully saturated rings. The van der Waals surface area contributed by atoms with Gasteiger partial charge < -0.3 is 14.0 Å². The Balaban J connectivity index is 2.20. The van der Waals surface area contributed by atoms with Crippen LogP contribution in [0.2, 0.25) is 0 Å². The fourth-order valence-corrected chi connectivity index (χ4v) is 3.55. The number of hydrogen-bond acceptors (Lipinski definition) is 5. The van der Waals surface area contributed by atoms with E-state index >= 15 is 0 Å². The molecule has 2 aromatic carbocycles. The van der Waals surface area contributed by atoms with Gasteiger partial charge in [-0.2, -0.15) is 13.2 Å². The maximum atomic E-state index is 14.2. The zero-order valence-corrected chi connectivity index (χ0v) is 19.1. The molecule has 13 heteroatoms. The molecule has 1 aromatic heterocycles. The summed E-state index contributed by atoms with van der Waals surface area (Å²) in [5.74, 6) is -3.19. The van der Waals surface area contributed by atoms with Crippen molar-refractivity contribution in [2.45, 2.75) is 13.1 Å². The fraction of sp³-hybridized carbons (Fsp3) is 0.227. The molecular formula is C22H19F5N2O5S. The standard InChI is InChI=1S/C22H19F5N2O5S/c1-3-35(31,32)28-14-5-7-18(34-19-6-4-13(23)8-17(19)24)15(9-14)16-11-29(2)21(30)10-20(16)33-12-22(25,26)27/h4-11,28H,3,12H2,1-2H3. The van der Waals surface area contributed by atoms with E-state index in [9.17, 15) is 35.2 Å². The highest BCUT2D eigenvalue weighted by Crippen LogP contribution is 2.40. The van der Waals surface area contributed by atoms with E-state index in [0.29, 0.717) is 6.07 Å². The first-order valence-corrected chi connectivity index (χ1v) is 11.6. The molecule has 35 heavy (non-hydrogen) atoms. The number of sulfonamides is 1. The highest BCUT2D eigenvalue weighted by molar-refractivity contribution is 7.92. The van der Waals surface area contributed by atoms with Gasteiger partial charge in [-0.1, -0.05) is 0 Å². The molecule has 1 N–H and O–H groups in total. The number of anilines is 1. The number of aromatic nitrogens is 1. The first-order chi connectivity index (χ1) is 16.3. The number of pyridine rings is 1. The summed E-state index contributed by atoms with van der Waals surface area (Å²) in [5.41, 5.74) is -0.769. The molecule has 0 saturated carbocycles. The molecule has 0 radical (unpaired) electrons. The van der Waals surface area contributed by atoms with Gasteiger partial charge in [-0.25, -0.2) is 17.2 Å². The minimum absolute atomic E-state index is 0.0180. The van der Waals surface area contributed by atoms with Gasteiger partial charge in [0, 0.05) is 42.2 Å². The number of hydrogen-bond donors (Lipinski definition) is 1. The summed E-state index contributed by atoms with van der Waals surface area (Å²) >= 11 is 0. The van der Waals surface area contributed by atoms with Gasteiger partial charge in [0.2, 0.25) is 10.0 Å². The third kappa shape index (κ3) is 6.72. The summed E-state index contributed by atoms with van der Waals surface area (Å²) in [6, 6.07) is 7.09. The maximum absolute atomic E-state index is 14.2. The van der Waals surface area contributed by atoms with Crippen LogP contribution in [-0.2, 0) is 17.1 Å². The topological polar surface area (TPSA) is 86.6 Å². The Morgan fingerprint density at radius 1 is 0.971 bits per heavy atom. The van der Waals surface area contributed by atoms with Crippen molar-refractivity contribution in [2.75, 3.05) is 17.1 Å². The number of nitrogens with one attached hydrogen (secondary N) is 1. The number of benzene rings is 2. The lowest BCUT2D eigenvalue weighted by Crippen LogP contribution is -2.22. The largest absolute Gasteiger partial charge is 0.483 e. The van der Waals surface area contributed by atoms with E-state index in [1.165, 1.54) is 32.2 Å². The van der Waals surface area contributed by atoms with Crippen molar-refractivity contribution in [1.82, 2.24) is 4.57 Å². The van der Waals surface area contributed by atoms with E-state index in [-0.39, 0.29) is 28.3 Å². The summed E-state index contributed by atoms with van der Waals surface area (Å²) in [6.07, 6.45) is -3.55. The molecule has 188 valence electrons.